The molecule has 2 aliphatic rings. The van der Waals surface area contributed by atoms with Crippen LogP contribution in [0.25, 0.3) is 0 Å². The van der Waals surface area contributed by atoms with Gasteiger partial charge in [0.2, 0.25) is 0 Å². The van der Waals surface area contributed by atoms with Gasteiger partial charge in [0.05, 0.1) is 13.2 Å². The summed E-state index contributed by atoms with van der Waals surface area (Å²) in [5.74, 6) is 0. The first-order valence-electron chi connectivity index (χ1n) is 7.60. The fraction of sp³-hybridized carbons (Fsp3) is 1.00. The molecule has 0 amide bonds. The molecular weight excluding hydrogens is 366 g/mol. The quantitative estimate of drug-likeness (QED) is 0.167. The molecule has 152 valence electrons. The van der Waals surface area contributed by atoms with Gasteiger partial charge in [0, 0.05) is 0 Å². The smallest absolute Gasteiger partial charge is 0.295 e. The standard InChI is InChI=1S/C12H21NO13/c14-1-3-5(15)8(18)10(26-13(21)22)12(25-3)23-2-4-6(16)7(17)9(19)11(20)24-4/h3-12,14-20H,1-2H2/t3-,4-,5+,6-,7+,8+,9-,10-,11-,12+/m1/s1. The van der Waals surface area contributed by atoms with E-state index < -0.39 is 79.7 Å². The molecule has 0 aliphatic carbocycles. The Morgan fingerprint density at radius 3 is 2.08 bits per heavy atom. The van der Waals surface area contributed by atoms with Crippen LogP contribution >= 0.6 is 0 Å². The van der Waals surface area contributed by atoms with E-state index in [9.17, 15) is 40.8 Å². The van der Waals surface area contributed by atoms with E-state index in [4.69, 9.17) is 19.3 Å². The maximum atomic E-state index is 10.6. The second-order valence-electron chi connectivity index (χ2n) is 5.87. The van der Waals surface area contributed by atoms with Crippen LogP contribution in [-0.4, -0.2) is 115 Å². The third-order valence-corrected chi connectivity index (χ3v) is 4.14. The minimum absolute atomic E-state index is 0.606. The van der Waals surface area contributed by atoms with Crippen molar-refractivity contribution in [2.45, 2.75) is 61.4 Å². The topological polar surface area (TPSA) is 222 Å². The molecular formula is C12H21NO13. The molecule has 0 saturated carbocycles. The average Bonchev–Trinajstić information content (AvgIpc) is 2.60. The zero-order valence-electron chi connectivity index (χ0n) is 13.2. The van der Waals surface area contributed by atoms with Gasteiger partial charge in [-0.3, -0.25) is 0 Å². The monoisotopic (exact) mass is 387 g/mol. The molecule has 14 heteroatoms. The SMILES string of the molecule is O=[N+]([O-])O[C@H]1[C@@H](OC[C@H]2O[C@@H](O)[C@H](O)[C@@H](O)[C@@H]2O)O[C@H](CO)[C@H](O)[C@@H]1O. The predicted octanol–water partition coefficient (Wildman–Crippen LogP) is -5.18. The second-order valence-corrected chi connectivity index (χ2v) is 5.87. The van der Waals surface area contributed by atoms with Crippen molar-refractivity contribution in [3.05, 3.63) is 10.1 Å². The predicted molar refractivity (Wildman–Crippen MR) is 74.5 cm³/mol. The molecule has 0 radical (unpaired) electrons. The molecule has 2 heterocycles. The van der Waals surface area contributed by atoms with Crippen LogP contribution in [0.5, 0.6) is 0 Å². The molecule has 2 rings (SSSR count). The molecule has 10 atom stereocenters. The summed E-state index contributed by atoms with van der Waals surface area (Å²) in [6.07, 6.45) is -16.7. The highest BCUT2D eigenvalue weighted by Crippen LogP contribution is 2.26. The van der Waals surface area contributed by atoms with Crippen LogP contribution in [0.1, 0.15) is 0 Å². The fourth-order valence-electron chi connectivity index (χ4n) is 2.66. The number of hydrogen-bond acceptors (Lipinski definition) is 13. The maximum absolute atomic E-state index is 10.6. The molecule has 0 aromatic heterocycles. The van der Waals surface area contributed by atoms with Crippen LogP contribution in [0.3, 0.4) is 0 Å². The molecule has 7 N–H and O–H groups in total. The van der Waals surface area contributed by atoms with Crippen LogP contribution in [-0.2, 0) is 19.0 Å². The van der Waals surface area contributed by atoms with Gasteiger partial charge < -0.3 is 54.8 Å². The summed E-state index contributed by atoms with van der Waals surface area (Å²) < 4.78 is 15.1. The molecule has 2 saturated heterocycles. The van der Waals surface area contributed by atoms with Gasteiger partial charge in [-0.1, -0.05) is 0 Å². The molecule has 0 bridgehead atoms. The van der Waals surface area contributed by atoms with E-state index in [-0.39, 0.29) is 0 Å². The summed E-state index contributed by atoms with van der Waals surface area (Å²) in [6, 6.07) is 0. The molecule has 2 fully saturated rings. The Hall–Kier alpha value is -1.20. The first-order valence-corrected chi connectivity index (χ1v) is 7.60. The lowest BCUT2D eigenvalue weighted by atomic mass is 9.98. The Bertz CT molecular complexity index is 480. The summed E-state index contributed by atoms with van der Waals surface area (Å²) in [6.45, 7) is -1.35. The maximum Gasteiger partial charge on any atom is 0.295 e. The molecule has 0 aromatic rings. The van der Waals surface area contributed by atoms with E-state index in [1.54, 1.807) is 0 Å². The Morgan fingerprint density at radius 2 is 1.50 bits per heavy atom. The van der Waals surface area contributed by atoms with Crippen LogP contribution in [0.4, 0.5) is 0 Å². The summed E-state index contributed by atoms with van der Waals surface area (Å²) >= 11 is 0. The minimum atomic E-state index is -1.84. The van der Waals surface area contributed by atoms with Crippen molar-refractivity contribution in [2.75, 3.05) is 13.2 Å². The Balaban J connectivity index is 2.05. The van der Waals surface area contributed by atoms with E-state index in [1.165, 1.54) is 0 Å². The van der Waals surface area contributed by atoms with Crippen LogP contribution < -0.4 is 0 Å². The summed E-state index contributed by atoms with van der Waals surface area (Å²) in [4.78, 5) is 14.8. The summed E-state index contributed by atoms with van der Waals surface area (Å²) in [7, 11) is 0. The number of ether oxygens (including phenoxy) is 3. The van der Waals surface area contributed by atoms with Crippen molar-refractivity contribution in [1.82, 2.24) is 0 Å². The molecule has 0 spiro atoms. The van der Waals surface area contributed by atoms with E-state index in [0.29, 0.717) is 0 Å². The number of rotatable bonds is 6. The van der Waals surface area contributed by atoms with Gasteiger partial charge in [-0.2, -0.15) is 0 Å². The lowest BCUT2D eigenvalue weighted by Crippen LogP contribution is -2.62. The van der Waals surface area contributed by atoms with E-state index in [2.05, 4.69) is 4.84 Å². The Labute approximate surface area is 145 Å². The highest BCUT2D eigenvalue weighted by atomic mass is 17.0. The molecule has 14 nitrogen and oxygen atoms in total. The Morgan fingerprint density at radius 1 is 0.885 bits per heavy atom. The normalized spacial score (nSPS) is 46.7. The lowest BCUT2D eigenvalue weighted by molar-refractivity contribution is -0.776. The average molecular weight is 387 g/mol. The van der Waals surface area contributed by atoms with Gasteiger partial charge in [0.1, 0.15) is 42.7 Å². The van der Waals surface area contributed by atoms with Crippen molar-refractivity contribution in [3.63, 3.8) is 0 Å². The molecule has 26 heavy (non-hydrogen) atoms. The number of hydrogen-bond donors (Lipinski definition) is 7. The highest BCUT2D eigenvalue weighted by Gasteiger charge is 2.48. The first kappa shape index (κ1) is 21.1. The van der Waals surface area contributed by atoms with Crippen molar-refractivity contribution in [2.24, 2.45) is 0 Å². The lowest BCUT2D eigenvalue weighted by Gasteiger charge is -2.42. The minimum Gasteiger partial charge on any atom is -0.394 e. The third kappa shape index (κ3) is 4.37. The zero-order valence-corrected chi connectivity index (χ0v) is 13.2. The molecule has 0 unspecified atom stereocenters. The van der Waals surface area contributed by atoms with Crippen molar-refractivity contribution < 1.29 is 59.9 Å². The first-order chi connectivity index (χ1) is 12.2. The largest absolute Gasteiger partial charge is 0.394 e. The highest BCUT2D eigenvalue weighted by molar-refractivity contribution is 4.91. The van der Waals surface area contributed by atoms with Crippen LogP contribution in [0.15, 0.2) is 0 Å². The summed E-state index contributed by atoms with van der Waals surface area (Å²) in [5, 5.41) is 76.4. The van der Waals surface area contributed by atoms with Gasteiger partial charge in [-0.15, -0.1) is 10.1 Å². The fourth-order valence-corrected chi connectivity index (χ4v) is 2.66. The van der Waals surface area contributed by atoms with E-state index in [1.807, 2.05) is 0 Å². The van der Waals surface area contributed by atoms with Gasteiger partial charge >= 0.3 is 0 Å². The van der Waals surface area contributed by atoms with Gasteiger partial charge in [-0.25, -0.2) is 0 Å². The van der Waals surface area contributed by atoms with Crippen molar-refractivity contribution in [3.8, 4) is 0 Å². The van der Waals surface area contributed by atoms with E-state index >= 15 is 0 Å². The van der Waals surface area contributed by atoms with Crippen LogP contribution in [0.2, 0.25) is 0 Å². The summed E-state index contributed by atoms with van der Waals surface area (Å²) in [5.41, 5.74) is 0. The molecule has 0 aromatic carbocycles. The molecule has 2 aliphatic heterocycles. The second kappa shape index (κ2) is 8.66. The van der Waals surface area contributed by atoms with Gasteiger partial charge in [-0.05, 0) is 0 Å². The van der Waals surface area contributed by atoms with Gasteiger partial charge in [0.15, 0.2) is 18.7 Å². The van der Waals surface area contributed by atoms with Crippen molar-refractivity contribution >= 4 is 0 Å². The number of aliphatic hydroxyl groups excluding tert-OH is 7. The Kier molecular flexibility index (Phi) is 7.03. The van der Waals surface area contributed by atoms with E-state index in [0.717, 1.165) is 0 Å². The van der Waals surface area contributed by atoms with Crippen molar-refractivity contribution in [1.29, 1.82) is 0 Å². The van der Waals surface area contributed by atoms with Gasteiger partial charge in [0.25, 0.3) is 5.09 Å². The third-order valence-electron chi connectivity index (χ3n) is 4.14. The zero-order chi connectivity index (χ0) is 19.6. The number of aliphatic hydroxyl groups is 7. The number of nitrogens with zero attached hydrogens (tertiary/aromatic N) is 1. The van der Waals surface area contributed by atoms with Crippen LogP contribution in [0, 0.1) is 10.1 Å².